The number of nitro groups is 1. The Hall–Kier alpha value is -3.08. The Kier molecular flexibility index (Phi) is 3.76. The molecule has 4 rings (SSSR count). The Morgan fingerprint density at radius 1 is 1.44 bits per heavy atom. The zero-order valence-electron chi connectivity index (χ0n) is 12.8. The lowest BCUT2D eigenvalue weighted by molar-refractivity contribution is -0.385. The van der Waals surface area contributed by atoms with Gasteiger partial charge in [-0.3, -0.25) is 24.9 Å². The number of hydrogen-bond acceptors (Lipinski definition) is 8. The van der Waals surface area contributed by atoms with Crippen LogP contribution in [-0.2, 0) is 6.54 Å². The van der Waals surface area contributed by atoms with Gasteiger partial charge in [0.2, 0.25) is 5.13 Å². The Morgan fingerprint density at radius 3 is 3.00 bits per heavy atom. The minimum Gasteiger partial charge on any atom is -0.454 e. The van der Waals surface area contributed by atoms with E-state index in [2.05, 4.69) is 20.6 Å². The molecule has 3 aromatic heterocycles. The minimum atomic E-state index is -0.525. The summed E-state index contributed by atoms with van der Waals surface area (Å²) in [5, 5.41) is 26.6. The van der Waals surface area contributed by atoms with Crippen molar-refractivity contribution in [2.24, 2.45) is 0 Å². The van der Waals surface area contributed by atoms with Gasteiger partial charge in [0.15, 0.2) is 5.76 Å². The van der Waals surface area contributed by atoms with E-state index in [1.54, 1.807) is 6.07 Å². The third-order valence-electron chi connectivity index (χ3n) is 3.62. The van der Waals surface area contributed by atoms with Crippen molar-refractivity contribution >= 4 is 28.1 Å². The van der Waals surface area contributed by atoms with Crippen molar-refractivity contribution in [1.82, 2.24) is 20.0 Å². The molecule has 0 bridgehead atoms. The summed E-state index contributed by atoms with van der Waals surface area (Å²) in [5.41, 5.74) is -0.104. The van der Waals surface area contributed by atoms with Gasteiger partial charge in [-0.1, -0.05) is 11.3 Å². The summed E-state index contributed by atoms with van der Waals surface area (Å²) in [4.78, 5) is 22.3. The first-order chi connectivity index (χ1) is 12.1. The lowest BCUT2D eigenvalue weighted by Gasteiger charge is -1.98. The number of hydrogen-bond donors (Lipinski definition) is 1. The van der Waals surface area contributed by atoms with Crippen molar-refractivity contribution < 1.29 is 14.1 Å². The predicted molar refractivity (Wildman–Crippen MR) is 86.5 cm³/mol. The molecule has 0 aromatic carbocycles. The molecule has 3 heterocycles. The van der Waals surface area contributed by atoms with Crippen molar-refractivity contribution in [2.45, 2.75) is 25.3 Å². The molecule has 0 aliphatic heterocycles. The number of nitrogens with zero attached hydrogens (tertiary/aromatic N) is 5. The van der Waals surface area contributed by atoms with Crippen LogP contribution in [0.25, 0.3) is 0 Å². The second-order valence-electron chi connectivity index (χ2n) is 5.59. The van der Waals surface area contributed by atoms with Crippen LogP contribution in [0.3, 0.4) is 0 Å². The van der Waals surface area contributed by atoms with Gasteiger partial charge in [-0.2, -0.15) is 5.10 Å². The molecule has 1 aliphatic rings. The molecule has 1 saturated carbocycles. The fourth-order valence-electron chi connectivity index (χ4n) is 2.22. The van der Waals surface area contributed by atoms with Crippen LogP contribution in [0.4, 0.5) is 10.8 Å². The highest BCUT2D eigenvalue weighted by molar-refractivity contribution is 7.15. The van der Waals surface area contributed by atoms with Crippen LogP contribution in [0, 0.1) is 10.1 Å². The Labute approximate surface area is 144 Å². The van der Waals surface area contributed by atoms with Crippen molar-refractivity contribution in [2.75, 3.05) is 5.32 Å². The highest BCUT2D eigenvalue weighted by Gasteiger charge is 2.28. The number of anilines is 1. The molecular weight excluding hydrogens is 348 g/mol. The second-order valence-corrected chi connectivity index (χ2v) is 6.60. The average Bonchev–Trinajstić information content (AvgIpc) is 3.01. The van der Waals surface area contributed by atoms with Gasteiger partial charge in [0.05, 0.1) is 11.5 Å². The van der Waals surface area contributed by atoms with Gasteiger partial charge in [-0.15, -0.1) is 10.2 Å². The van der Waals surface area contributed by atoms with Crippen LogP contribution >= 0.6 is 11.3 Å². The third kappa shape index (κ3) is 3.40. The molecule has 128 valence electrons. The normalized spacial score (nSPS) is 13.8. The van der Waals surface area contributed by atoms with Crippen LogP contribution in [0.15, 0.2) is 28.9 Å². The van der Waals surface area contributed by atoms with Crippen LogP contribution < -0.4 is 5.32 Å². The zero-order valence-corrected chi connectivity index (χ0v) is 13.6. The maximum Gasteiger partial charge on any atom is 0.307 e. The highest BCUT2D eigenvalue weighted by Crippen LogP contribution is 2.42. The predicted octanol–water partition coefficient (Wildman–Crippen LogP) is 2.41. The van der Waals surface area contributed by atoms with E-state index in [1.165, 1.54) is 28.3 Å². The summed E-state index contributed by atoms with van der Waals surface area (Å²) >= 11 is 1.37. The van der Waals surface area contributed by atoms with Crippen LogP contribution in [0.2, 0.25) is 0 Å². The fraction of sp³-hybridized carbons (Fsp3) is 0.286. The molecule has 25 heavy (non-hydrogen) atoms. The van der Waals surface area contributed by atoms with Crippen LogP contribution in [-0.4, -0.2) is 30.8 Å². The zero-order chi connectivity index (χ0) is 17.4. The molecule has 0 radical (unpaired) electrons. The molecule has 1 N–H and O–H groups in total. The largest absolute Gasteiger partial charge is 0.454 e. The van der Waals surface area contributed by atoms with Gasteiger partial charge in [0.1, 0.15) is 23.2 Å². The standard InChI is InChI=1S/C14H12N6O4S/c21-12(16-14-18-17-13(25-14)8-1-2-8)11-4-3-10(24-11)7-19-6-9(5-15-19)20(22)23/h3-6,8H,1-2,7H2,(H,16,18,21). The van der Waals surface area contributed by atoms with E-state index in [9.17, 15) is 14.9 Å². The lowest BCUT2D eigenvalue weighted by atomic mass is 10.4. The molecule has 1 fully saturated rings. The Balaban J connectivity index is 1.40. The number of amides is 1. The number of carbonyl (C=O) groups is 1. The average molecular weight is 360 g/mol. The van der Waals surface area contributed by atoms with Gasteiger partial charge in [-0.05, 0) is 25.0 Å². The molecule has 10 nitrogen and oxygen atoms in total. The monoisotopic (exact) mass is 360 g/mol. The summed E-state index contributed by atoms with van der Waals surface area (Å²) in [6, 6.07) is 3.16. The maximum absolute atomic E-state index is 12.2. The molecule has 1 aliphatic carbocycles. The molecule has 0 unspecified atom stereocenters. The van der Waals surface area contributed by atoms with Crippen molar-refractivity contribution in [1.29, 1.82) is 0 Å². The number of carbonyl (C=O) groups excluding carboxylic acids is 1. The third-order valence-corrected chi connectivity index (χ3v) is 4.62. The molecular formula is C14H12N6O4S. The molecule has 0 atom stereocenters. The lowest BCUT2D eigenvalue weighted by Crippen LogP contribution is -2.10. The van der Waals surface area contributed by atoms with E-state index >= 15 is 0 Å². The number of nitrogens with one attached hydrogen (secondary N) is 1. The highest BCUT2D eigenvalue weighted by atomic mass is 32.1. The second kappa shape index (κ2) is 6.09. The number of aromatic nitrogens is 4. The summed E-state index contributed by atoms with van der Waals surface area (Å²) in [7, 11) is 0. The Bertz CT molecular complexity index is 941. The molecule has 0 spiro atoms. The van der Waals surface area contributed by atoms with Gasteiger partial charge in [0, 0.05) is 5.92 Å². The topological polar surface area (TPSA) is 129 Å². The SMILES string of the molecule is O=C(Nc1nnc(C2CC2)s1)c1ccc(Cn2cc([N+](=O)[O-])cn2)o1. The van der Waals surface area contributed by atoms with Gasteiger partial charge in [0.25, 0.3) is 5.91 Å². The Morgan fingerprint density at radius 2 is 2.28 bits per heavy atom. The van der Waals surface area contributed by atoms with Gasteiger partial charge >= 0.3 is 5.69 Å². The maximum atomic E-state index is 12.2. The van der Waals surface area contributed by atoms with Crippen LogP contribution in [0.1, 0.15) is 40.1 Å². The summed E-state index contributed by atoms with van der Waals surface area (Å²) in [5.74, 6) is 0.645. The summed E-state index contributed by atoms with van der Waals surface area (Å²) in [6.45, 7) is 0.186. The van der Waals surface area contributed by atoms with Crippen LogP contribution in [0.5, 0.6) is 0 Å². The number of furan rings is 1. The quantitative estimate of drug-likeness (QED) is 0.528. The minimum absolute atomic E-state index is 0.104. The molecule has 1 amide bonds. The van der Waals surface area contributed by atoms with Gasteiger partial charge < -0.3 is 4.42 Å². The van der Waals surface area contributed by atoms with Gasteiger partial charge in [-0.25, -0.2) is 0 Å². The summed E-state index contributed by atoms with van der Waals surface area (Å²) in [6.07, 6.45) is 4.69. The molecule has 11 heteroatoms. The first-order valence-corrected chi connectivity index (χ1v) is 8.30. The number of rotatable bonds is 6. The molecule has 0 saturated heterocycles. The van der Waals surface area contributed by atoms with E-state index in [1.807, 2.05) is 0 Å². The van der Waals surface area contributed by atoms with E-state index in [0.717, 1.165) is 24.0 Å². The van der Waals surface area contributed by atoms with E-state index in [-0.39, 0.29) is 18.0 Å². The molecule has 3 aromatic rings. The van der Waals surface area contributed by atoms with E-state index < -0.39 is 10.8 Å². The smallest absolute Gasteiger partial charge is 0.307 e. The fourth-order valence-corrected chi connectivity index (χ4v) is 3.12. The van der Waals surface area contributed by atoms with E-state index in [4.69, 9.17) is 4.42 Å². The van der Waals surface area contributed by atoms with Crippen molar-refractivity contribution in [3.05, 3.63) is 51.2 Å². The van der Waals surface area contributed by atoms with Crippen molar-refractivity contribution in [3.8, 4) is 0 Å². The summed E-state index contributed by atoms with van der Waals surface area (Å²) < 4.78 is 6.84. The van der Waals surface area contributed by atoms with Crippen molar-refractivity contribution in [3.63, 3.8) is 0 Å². The first kappa shape index (κ1) is 15.4. The first-order valence-electron chi connectivity index (χ1n) is 7.49. The van der Waals surface area contributed by atoms with E-state index in [0.29, 0.717) is 16.8 Å².